The monoisotopic (exact) mass is 227 g/mol. The van der Waals surface area contributed by atoms with Gasteiger partial charge in [-0.1, -0.05) is 6.92 Å². The van der Waals surface area contributed by atoms with Crippen LogP contribution < -0.4 is 5.32 Å². The molecule has 2 aliphatic rings. The van der Waals surface area contributed by atoms with Gasteiger partial charge in [0.15, 0.2) is 0 Å². The summed E-state index contributed by atoms with van der Waals surface area (Å²) in [5, 5.41) is 3.58. The maximum Gasteiger partial charge on any atom is 0.0591 e. The summed E-state index contributed by atoms with van der Waals surface area (Å²) in [6.45, 7) is 6.90. The lowest BCUT2D eigenvalue weighted by Gasteiger charge is -2.13. The standard InChI is InChI=1S/C13H25NO2/c1-11-2-3-13(8-11)14-5-7-16-10-12-4-6-15-9-12/h11-14H,2-10H2,1H3. The highest BCUT2D eigenvalue weighted by atomic mass is 16.5. The van der Waals surface area contributed by atoms with Gasteiger partial charge in [-0.05, 0) is 31.6 Å². The molecule has 3 heteroatoms. The van der Waals surface area contributed by atoms with Gasteiger partial charge in [0.05, 0.1) is 19.8 Å². The number of nitrogens with one attached hydrogen (secondary N) is 1. The van der Waals surface area contributed by atoms with Crippen molar-refractivity contribution in [2.75, 3.05) is 33.0 Å². The van der Waals surface area contributed by atoms with Crippen LogP contribution in [0, 0.1) is 11.8 Å². The van der Waals surface area contributed by atoms with Crippen molar-refractivity contribution in [2.24, 2.45) is 11.8 Å². The van der Waals surface area contributed by atoms with E-state index in [0.29, 0.717) is 5.92 Å². The van der Waals surface area contributed by atoms with Gasteiger partial charge in [0, 0.05) is 25.1 Å². The van der Waals surface area contributed by atoms with Crippen molar-refractivity contribution in [1.82, 2.24) is 5.32 Å². The summed E-state index contributed by atoms with van der Waals surface area (Å²) in [6.07, 6.45) is 5.25. The van der Waals surface area contributed by atoms with Gasteiger partial charge >= 0.3 is 0 Å². The molecule has 2 rings (SSSR count). The Morgan fingerprint density at radius 2 is 2.25 bits per heavy atom. The van der Waals surface area contributed by atoms with Crippen molar-refractivity contribution in [3.05, 3.63) is 0 Å². The molecule has 16 heavy (non-hydrogen) atoms. The number of hydrogen-bond acceptors (Lipinski definition) is 3. The van der Waals surface area contributed by atoms with Gasteiger partial charge in [-0.15, -0.1) is 0 Å². The number of ether oxygens (including phenoxy) is 2. The summed E-state index contributed by atoms with van der Waals surface area (Å²) < 4.78 is 11.0. The van der Waals surface area contributed by atoms with Crippen LogP contribution in [-0.2, 0) is 9.47 Å². The first kappa shape index (κ1) is 12.3. The predicted molar refractivity (Wildman–Crippen MR) is 64.6 cm³/mol. The molecule has 3 nitrogen and oxygen atoms in total. The molecule has 0 aromatic rings. The molecule has 94 valence electrons. The van der Waals surface area contributed by atoms with Crippen LogP contribution >= 0.6 is 0 Å². The Balaban J connectivity index is 1.43. The fourth-order valence-corrected chi connectivity index (χ4v) is 2.69. The normalized spacial score (nSPS) is 34.7. The van der Waals surface area contributed by atoms with E-state index < -0.39 is 0 Å². The van der Waals surface area contributed by atoms with E-state index in [1.54, 1.807) is 0 Å². The topological polar surface area (TPSA) is 30.5 Å². The largest absolute Gasteiger partial charge is 0.381 e. The van der Waals surface area contributed by atoms with Crippen molar-refractivity contribution < 1.29 is 9.47 Å². The Morgan fingerprint density at radius 3 is 2.94 bits per heavy atom. The first-order valence-electron chi connectivity index (χ1n) is 6.73. The van der Waals surface area contributed by atoms with Crippen molar-refractivity contribution in [1.29, 1.82) is 0 Å². The van der Waals surface area contributed by atoms with E-state index in [2.05, 4.69) is 12.2 Å². The van der Waals surface area contributed by atoms with Gasteiger partial charge in [0.1, 0.15) is 0 Å². The van der Waals surface area contributed by atoms with Gasteiger partial charge in [0.2, 0.25) is 0 Å². The van der Waals surface area contributed by atoms with Crippen molar-refractivity contribution in [2.45, 2.75) is 38.6 Å². The Labute approximate surface area is 98.9 Å². The zero-order valence-corrected chi connectivity index (χ0v) is 10.4. The summed E-state index contributed by atoms with van der Waals surface area (Å²) in [7, 11) is 0. The first-order valence-corrected chi connectivity index (χ1v) is 6.73. The summed E-state index contributed by atoms with van der Waals surface area (Å²) >= 11 is 0. The molecule has 0 bridgehead atoms. The van der Waals surface area contributed by atoms with E-state index in [1.807, 2.05) is 0 Å². The zero-order chi connectivity index (χ0) is 11.2. The second-order valence-corrected chi connectivity index (χ2v) is 5.37. The molecule has 1 N–H and O–H groups in total. The number of hydrogen-bond donors (Lipinski definition) is 1. The van der Waals surface area contributed by atoms with Gasteiger partial charge in [-0.25, -0.2) is 0 Å². The summed E-state index contributed by atoms with van der Waals surface area (Å²) in [5.41, 5.74) is 0. The maximum absolute atomic E-state index is 5.66. The van der Waals surface area contributed by atoms with Crippen molar-refractivity contribution in [3.8, 4) is 0 Å². The van der Waals surface area contributed by atoms with E-state index in [4.69, 9.17) is 9.47 Å². The molecular weight excluding hydrogens is 202 g/mol. The Morgan fingerprint density at radius 1 is 1.31 bits per heavy atom. The molecule has 1 aliphatic carbocycles. The second-order valence-electron chi connectivity index (χ2n) is 5.37. The van der Waals surface area contributed by atoms with Crippen LogP contribution in [-0.4, -0.2) is 39.0 Å². The van der Waals surface area contributed by atoms with Gasteiger partial charge in [-0.2, -0.15) is 0 Å². The van der Waals surface area contributed by atoms with Crippen molar-refractivity contribution in [3.63, 3.8) is 0 Å². The fourth-order valence-electron chi connectivity index (χ4n) is 2.69. The smallest absolute Gasteiger partial charge is 0.0591 e. The van der Waals surface area contributed by atoms with Crippen LogP contribution in [0.15, 0.2) is 0 Å². The Bertz CT molecular complexity index is 192. The SMILES string of the molecule is CC1CCC(NCCOCC2CCOC2)C1. The van der Waals surface area contributed by atoms with E-state index in [1.165, 1.54) is 25.7 Å². The summed E-state index contributed by atoms with van der Waals surface area (Å²) in [5.74, 6) is 1.56. The highest BCUT2D eigenvalue weighted by Gasteiger charge is 2.20. The van der Waals surface area contributed by atoms with Crippen LogP contribution in [0.3, 0.4) is 0 Å². The van der Waals surface area contributed by atoms with Crippen molar-refractivity contribution >= 4 is 0 Å². The van der Waals surface area contributed by atoms with Gasteiger partial charge in [-0.3, -0.25) is 0 Å². The predicted octanol–water partition coefficient (Wildman–Crippen LogP) is 1.82. The van der Waals surface area contributed by atoms with E-state index in [-0.39, 0.29) is 0 Å². The quantitative estimate of drug-likeness (QED) is 0.702. The second kappa shape index (κ2) is 6.58. The average Bonchev–Trinajstić information content (AvgIpc) is 2.89. The van der Waals surface area contributed by atoms with Gasteiger partial charge in [0.25, 0.3) is 0 Å². The van der Waals surface area contributed by atoms with Crippen LogP contribution in [0.5, 0.6) is 0 Å². The molecule has 3 atom stereocenters. The highest BCUT2D eigenvalue weighted by Crippen LogP contribution is 2.24. The average molecular weight is 227 g/mol. The van der Waals surface area contributed by atoms with Crippen LogP contribution in [0.2, 0.25) is 0 Å². The lowest BCUT2D eigenvalue weighted by molar-refractivity contribution is 0.0901. The minimum Gasteiger partial charge on any atom is -0.381 e. The highest BCUT2D eigenvalue weighted by molar-refractivity contribution is 4.77. The molecule has 1 saturated carbocycles. The molecule has 3 unspecified atom stereocenters. The molecule has 1 saturated heterocycles. The molecule has 0 aromatic heterocycles. The first-order chi connectivity index (χ1) is 7.84. The summed E-state index contributed by atoms with van der Waals surface area (Å²) in [6, 6.07) is 0.744. The Hall–Kier alpha value is -0.120. The lowest BCUT2D eigenvalue weighted by atomic mass is 10.1. The fraction of sp³-hybridized carbons (Fsp3) is 1.00. The third-order valence-corrected chi connectivity index (χ3v) is 3.75. The molecule has 0 spiro atoms. The Kier molecular flexibility index (Phi) is 5.07. The van der Waals surface area contributed by atoms with Gasteiger partial charge < -0.3 is 14.8 Å². The molecule has 2 fully saturated rings. The van der Waals surface area contributed by atoms with Crippen LogP contribution in [0.4, 0.5) is 0 Å². The van der Waals surface area contributed by atoms with E-state index in [0.717, 1.165) is 44.9 Å². The maximum atomic E-state index is 5.66. The lowest BCUT2D eigenvalue weighted by Crippen LogP contribution is -2.30. The molecular formula is C13H25NO2. The number of rotatable bonds is 6. The molecule has 1 aliphatic heterocycles. The minimum atomic E-state index is 0.645. The third kappa shape index (κ3) is 4.04. The molecule has 0 radical (unpaired) electrons. The third-order valence-electron chi connectivity index (χ3n) is 3.75. The zero-order valence-electron chi connectivity index (χ0n) is 10.4. The molecule has 1 heterocycles. The molecule has 0 amide bonds. The summed E-state index contributed by atoms with van der Waals surface area (Å²) in [4.78, 5) is 0. The van der Waals surface area contributed by atoms with E-state index >= 15 is 0 Å². The van der Waals surface area contributed by atoms with Crippen LogP contribution in [0.1, 0.15) is 32.6 Å². The minimum absolute atomic E-state index is 0.645. The van der Waals surface area contributed by atoms with Crippen LogP contribution in [0.25, 0.3) is 0 Å². The molecule has 0 aromatic carbocycles. The van der Waals surface area contributed by atoms with E-state index in [9.17, 15) is 0 Å².